The van der Waals surface area contributed by atoms with E-state index in [9.17, 15) is 19.1 Å². The topological polar surface area (TPSA) is 101 Å². The minimum absolute atomic E-state index is 0.110. The van der Waals surface area contributed by atoms with Gasteiger partial charge in [0, 0.05) is 19.2 Å². The Kier molecular flexibility index (Phi) is 3.91. The van der Waals surface area contributed by atoms with Crippen molar-refractivity contribution in [3.63, 3.8) is 0 Å². The standard InChI is InChI=1S/C11H12N2O5S/c14-11(15)8-5-6-12(7-8)19(18)10-4-2-1-3-9(10)13(16)17/h1-4,8H,5-7H2,(H,14,15). The van der Waals surface area contributed by atoms with Crippen molar-refractivity contribution in [2.45, 2.75) is 11.3 Å². The van der Waals surface area contributed by atoms with E-state index in [2.05, 4.69) is 0 Å². The average molecular weight is 284 g/mol. The molecule has 8 heteroatoms. The first-order valence-electron chi connectivity index (χ1n) is 5.63. The van der Waals surface area contributed by atoms with Gasteiger partial charge >= 0.3 is 5.97 Å². The predicted octanol–water partition coefficient (Wildman–Crippen LogP) is 1.02. The second-order valence-corrected chi connectivity index (χ2v) is 5.64. The lowest BCUT2D eigenvalue weighted by molar-refractivity contribution is -0.387. The van der Waals surface area contributed by atoms with Crippen molar-refractivity contribution in [3.05, 3.63) is 34.4 Å². The van der Waals surface area contributed by atoms with Crippen LogP contribution in [0, 0.1) is 16.0 Å². The molecule has 1 aromatic rings. The van der Waals surface area contributed by atoms with Crippen LogP contribution in [0.5, 0.6) is 0 Å². The van der Waals surface area contributed by atoms with Gasteiger partial charge in [-0.15, -0.1) is 0 Å². The third kappa shape index (κ3) is 2.79. The Hall–Kier alpha value is -1.80. The molecule has 1 fully saturated rings. The minimum atomic E-state index is -1.70. The van der Waals surface area contributed by atoms with Crippen LogP contribution in [0.3, 0.4) is 0 Å². The molecule has 1 heterocycles. The Labute approximate surface area is 111 Å². The summed E-state index contributed by atoms with van der Waals surface area (Å²) >= 11 is 0. The quantitative estimate of drug-likeness (QED) is 0.657. The van der Waals surface area contributed by atoms with Gasteiger partial charge in [0.2, 0.25) is 0 Å². The molecule has 1 aliphatic heterocycles. The van der Waals surface area contributed by atoms with E-state index in [1.807, 2.05) is 0 Å². The largest absolute Gasteiger partial charge is 0.481 e. The first kappa shape index (κ1) is 13.6. The lowest BCUT2D eigenvalue weighted by Gasteiger charge is -2.14. The van der Waals surface area contributed by atoms with E-state index in [0.29, 0.717) is 13.0 Å². The molecule has 2 rings (SSSR count). The average Bonchev–Trinajstić information content (AvgIpc) is 2.87. The van der Waals surface area contributed by atoms with E-state index in [0.717, 1.165) is 0 Å². The molecule has 1 aromatic carbocycles. The first-order valence-corrected chi connectivity index (χ1v) is 6.74. The molecule has 2 unspecified atom stereocenters. The predicted molar refractivity (Wildman–Crippen MR) is 66.8 cm³/mol. The minimum Gasteiger partial charge on any atom is -0.481 e. The Morgan fingerprint density at radius 3 is 2.74 bits per heavy atom. The van der Waals surface area contributed by atoms with E-state index < -0.39 is 27.8 Å². The number of hydrogen-bond donors (Lipinski definition) is 1. The van der Waals surface area contributed by atoms with Crippen molar-refractivity contribution in [1.29, 1.82) is 0 Å². The molecule has 1 aliphatic rings. The second kappa shape index (κ2) is 5.45. The summed E-state index contributed by atoms with van der Waals surface area (Å²) in [6, 6.07) is 5.80. The number of rotatable bonds is 4. The molecule has 1 saturated heterocycles. The fourth-order valence-corrected chi connectivity index (χ4v) is 3.36. The number of hydrogen-bond acceptors (Lipinski definition) is 4. The molecular weight excluding hydrogens is 272 g/mol. The van der Waals surface area contributed by atoms with E-state index in [4.69, 9.17) is 5.11 Å². The number of benzene rings is 1. The van der Waals surface area contributed by atoms with Crippen molar-refractivity contribution in [2.24, 2.45) is 5.92 Å². The Bertz CT molecular complexity index is 548. The number of nitro benzene ring substituents is 1. The highest BCUT2D eigenvalue weighted by Gasteiger charge is 2.33. The normalized spacial score (nSPS) is 21.2. The number of nitrogens with zero attached hydrogens (tertiary/aromatic N) is 2. The van der Waals surface area contributed by atoms with Gasteiger partial charge in [0.1, 0.15) is 15.9 Å². The summed E-state index contributed by atoms with van der Waals surface area (Å²) in [6.07, 6.45) is 0.404. The summed E-state index contributed by atoms with van der Waals surface area (Å²) in [4.78, 5) is 21.2. The number of nitro groups is 1. The van der Waals surface area contributed by atoms with Crippen LogP contribution in [-0.4, -0.2) is 37.6 Å². The lowest BCUT2D eigenvalue weighted by atomic mass is 10.1. The lowest BCUT2D eigenvalue weighted by Crippen LogP contribution is -2.25. The van der Waals surface area contributed by atoms with Crippen LogP contribution >= 0.6 is 0 Å². The summed E-state index contributed by atoms with van der Waals surface area (Å²) in [5, 5.41) is 19.8. The third-order valence-electron chi connectivity index (χ3n) is 2.98. The van der Waals surface area contributed by atoms with Crippen LogP contribution in [0.2, 0.25) is 0 Å². The first-order chi connectivity index (χ1) is 9.00. The molecule has 0 amide bonds. The zero-order valence-corrected chi connectivity index (χ0v) is 10.7. The SMILES string of the molecule is O=C(O)C1CCN(S(=O)c2ccccc2[N+](=O)[O-])C1. The van der Waals surface area contributed by atoms with Gasteiger partial charge in [0.05, 0.1) is 10.8 Å². The smallest absolute Gasteiger partial charge is 0.307 e. The fraction of sp³-hybridized carbons (Fsp3) is 0.364. The highest BCUT2D eigenvalue weighted by Crippen LogP contribution is 2.27. The molecule has 0 saturated carbocycles. The van der Waals surface area contributed by atoms with Crippen LogP contribution in [0.4, 0.5) is 5.69 Å². The molecule has 0 aliphatic carbocycles. The molecule has 0 aromatic heterocycles. The molecule has 102 valence electrons. The fourth-order valence-electron chi connectivity index (χ4n) is 1.98. The molecule has 2 atom stereocenters. The van der Waals surface area contributed by atoms with Gasteiger partial charge < -0.3 is 5.11 Å². The third-order valence-corrected chi connectivity index (χ3v) is 4.51. The zero-order chi connectivity index (χ0) is 14.0. The second-order valence-electron chi connectivity index (χ2n) is 4.19. The summed E-state index contributed by atoms with van der Waals surface area (Å²) in [5.74, 6) is -1.49. The maximum Gasteiger partial charge on any atom is 0.307 e. The number of carboxylic acid groups (broad SMARTS) is 1. The molecule has 19 heavy (non-hydrogen) atoms. The van der Waals surface area contributed by atoms with Crippen molar-refractivity contribution in [2.75, 3.05) is 13.1 Å². The van der Waals surface area contributed by atoms with Gasteiger partial charge in [-0.25, -0.2) is 8.51 Å². The molecule has 0 radical (unpaired) electrons. The molecule has 7 nitrogen and oxygen atoms in total. The zero-order valence-electron chi connectivity index (χ0n) is 9.89. The maximum atomic E-state index is 12.3. The van der Waals surface area contributed by atoms with Gasteiger partial charge in [-0.2, -0.15) is 0 Å². The van der Waals surface area contributed by atoms with Crippen molar-refractivity contribution in [1.82, 2.24) is 4.31 Å². The Balaban J connectivity index is 2.22. The summed E-state index contributed by atoms with van der Waals surface area (Å²) in [5.41, 5.74) is -0.209. The summed E-state index contributed by atoms with van der Waals surface area (Å²) < 4.78 is 13.7. The van der Waals surface area contributed by atoms with Crippen LogP contribution in [0.1, 0.15) is 6.42 Å². The Morgan fingerprint density at radius 1 is 1.47 bits per heavy atom. The number of carboxylic acids is 1. The van der Waals surface area contributed by atoms with Gasteiger partial charge in [0.25, 0.3) is 5.69 Å². The monoisotopic (exact) mass is 284 g/mol. The molecule has 0 spiro atoms. The van der Waals surface area contributed by atoms with E-state index in [1.54, 1.807) is 6.07 Å². The highest BCUT2D eigenvalue weighted by molar-refractivity contribution is 7.82. The summed E-state index contributed by atoms with van der Waals surface area (Å²) in [7, 11) is -1.70. The van der Waals surface area contributed by atoms with Gasteiger partial charge in [-0.3, -0.25) is 14.9 Å². The molecule has 1 N–H and O–H groups in total. The highest BCUT2D eigenvalue weighted by atomic mass is 32.2. The van der Waals surface area contributed by atoms with Crippen LogP contribution in [0.15, 0.2) is 29.2 Å². The van der Waals surface area contributed by atoms with Crippen molar-refractivity contribution < 1.29 is 19.0 Å². The van der Waals surface area contributed by atoms with E-state index in [1.165, 1.54) is 22.5 Å². The Morgan fingerprint density at radius 2 is 2.16 bits per heavy atom. The van der Waals surface area contributed by atoms with E-state index in [-0.39, 0.29) is 17.1 Å². The summed E-state index contributed by atoms with van der Waals surface area (Å²) in [6.45, 7) is 0.504. The maximum absolute atomic E-state index is 12.3. The van der Waals surface area contributed by atoms with Crippen LogP contribution < -0.4 is 0 Å². The van der Waals surface area contributed by atoms with Gasteiger partial charge in [-0.05, 0) is 12.5 Å². The number of para-hydroxylation sites is 1. The number of aliphatic carboxylic acids is 1. The van der Waals surface area contributed by atoms with Crippen molar-refractivity contribution in [3.8, 4) is 0 Å². The van der Waals surface area contributed by atoms with Gasteiger partial charge in [-0.1, -0.05) is 12.1 Å². The van der Waals surface area contributed by atoms with E-state index >= 15 is 0 Å². The molecular formula is C11H12N2O5S. The molecule has 0 bridgehead atoms. The van der Waals surface area contributed by atoms with Crippen LogP contribution in [-0.2, 0) is 15.8 Å². The van der Waals surface area contributed by atoms with Gasteiger partial charge in [0.15, 0.2) is 0 Å². The number of carbonyl (C=O) groups is 1. The van der Waals surface area contributed by atoms with Crippen LogP contribution in [0.25, 0.3) is 0 Å². The van der Waals surface area contributed by atoms with Crippen molar-refractivity contribution >= 4 is 22.6 Å².